The molecule has 0 saturated carbocycles. The van der Waals surface area contributed by atoms with Crippen LogP contribution < -0.4 is 5.32 Å². The fourth-order valence-corrected chi connectivity index (χ4v) is 3.42. The number of hydrogen-bond acceptors (Lipinski definition) is 4. The monoisotopic (exact) mass is 311 g/mol. The van der Waals surface area contributed by atoms with Crippen molar-refractivity contribution in [3.8, 4) is 0 Å². The highest BCUT2D eigenvalue weighted by molar-refractivity contribution is 5.68. The molecule has 5 nitrogen and oxygen atoms in total. The summed E-state index contributed by atoms with van der Waals surface area (Å²) >= 11 is 0. The van der Waals surface area contributed by atoms with Gasteiger partial charge >= 0.3 is 6.09 Å². The van der Waals surface area contributed by atoms with Crippen molar-refractivity contribution in [2.45, 2.75) is 65.1 Å². The fraction of sp³-hybridized carbons (Fsp3) is 0.941. The maximum atomic E-state index is 12.3. The Labute approximate surface area is 135 Å². The minimum Gasteiger partial charge on any atom is -0.444 e. The number of rotatable bonds is 2. The third kappa shape index (κ3) is 4.85. The molecule has 5 heteroatoms. The number of amides is 1. The van der Waals surface area contributed by atoms with E-state index < -0.39 is 5.60 Å². The van der Waals surface area contributed by atoms with Crippen LogP contribution in [0.15, 0.2) is 0 Å². The minimum atomic E-state index is -0.424. The van der Waals surface area contributed by atoms with E-state index in [-0.39, 0.29) is 12.1 Å². The van der Waals surface area contributed by atoms with Crippen LogP contribution in [0, 0.1) is 5.92 Å². The number of piperidine rings is 1. The fourth-order valence-electron chi connectivity index (χ4n) is 3.42. The van der Waals surface area contributed by atoms with Crippen LogP contribution in [-0.2, 0) is 4.74 Å². The summed E-state index contributed by atoms with van der Waals surface area (Å²) in [6.45, 7) is 15.3. The minimum absolute atomic E-state index is 0.173. The molecule has 0 aliphatic carbocycles. The summed E-state index contributed by atoms with van der Waals surface area (Å²) in [6, 6.07) is 0.617. The Morgan fingerprint density at radius 3 is 2.36 bits per heavy atom. The zero-order valence-corrected chi connectivity index (χ0v) is 14.9. The molecule has 22 heavy (non-hydrogen) atoms. The molecule has 2 rings (SSSR count). The van der Waals surface area contributed by atoms with Crippen LogP contribution in [0.4, 0.5) is 4.79 Å². The zero-order chi connectivity index (χ0) is 16.3. The quantitative estimate of drug-likeness (QED) is 0.850. The maximum absolute atomic E-state index is 12.3. The van der Waals surface area contributed by atoms with Crippen molar-refractivity contribution in [2.24, 2.45) is 5.92 Å². The van der Waals surface area contributed by atoms with Crippen molar-refractivity contribution < 1.29 is 9.53 Å². The molecular formula is C17H33N3O2. The lowest BCUT2D eigenvalue weighted by Crippen LogP contribution is -2.59. The molecule has 0 spiro atoms. The molecule has 2 atom stereocenters. The van der Waals surface area contributed by atoms with Gasteiger partial charge in [-0.3, -0.25) is 4.90 Å². The number of nitrogens with one attached hydrogen (secondary N) is 1. The van der Waals surface area contributed by atoms with E-state index >= 15 is 0 Å². The topological polar surface area (TPSA) is 44.8 Å². The highest BCUT2D eigenvalue weighted by Gasteiger charge is 2.35. The van der Waals surface area contributed by atoms with E-state index in [1.54, 1.807) is 0 Å². The number of ether oxygens (including phenoxy) is 1. The van der Waals surface area contributed by atoms with Crippen LogP contribution in [0.2, 0.25) is 0 Å². The van der Waals surface area contributed by atoms with Crippen molar-refractivity contribution in [1.82, 2.24) is 15.1 Å². The molecule has 2 aliphatic rings. The molecule has 128 valence electrons. The van der Waals surface area contributed by atoms with Gasteiger partial charge in [-0.25, -0.2) is 4.79 Å². The van der Waals surface area contributed by atoms with Crippen LogP contribution in [0.1, 0.15) is 47.5 Å². The van der Waals surface area contributed by atoms with Crippen molar-refractivity contribution in [3.05, 3.63) is 0 Å². The molecule has 0 aromatic heterocycles. The van der Waals surface area contributed by atoms with Gasteiger partial charge in [0.1, 0.15) is 5.60 Å². The average Bonchev–Trinajstić information content (AvgIpc) is 2.41. The second-order valence-corrected chi connectivity index (χ2v) is 7.98. The van der Waals surface area contributed by atoms with Gasteiger partial charge in [0, 0.05) is 31.7 Å². The van der Waals surface area contributed by atoms with Crippen molar-refractivity contribution in [1.29, 1.82) is 0 Å². The number of carbonyl (C=O) groups is 1. The van der Waals surface area contributed by atoms with E-state index in [1.807, 2.05) is 25.7 Å². The predicted molar refractivity (Wildman–Crippen MR) is 89.0 cm³/mol. The molecule has 0 bridgehead atoms. The van der Waals surface area contributed by atoms with Gasteiger partial charge < -0.3 is 15.0 Å². The molecular weight excluding hydrogens is 278 g/mol. The van der Waals surface area contributed by atoms with Crippen LogP contribution in [0.25, 0.3) is 0 Å². The number of hydrogen-bond donors (Lipinski definition) is 1. The standard InChI is InChI=1S/C17H33N3O2/c1-13-11-20(16(21)22-17(3,4)5)14(2)10-19(13)12-15-6-8-18-9-7-15/h13-15,18H,6-12H2,1-5H3. The molecule has 2 aliphatic heterocycles. The maximum Gasteiger partial charge on any atom is 0.410 e. The van der Waals surface area contributed by atoms with Crippen molar-refractivity contribution in [2.75, 3.05) is 32.7 Å². The molecule has 2 heterocycles. The lowest BCUT2D eigenvalue weighted by atomic mass is 9.96. The van der Waals surface area contributed by atoms with E-state index in [0.29, 0.717) is 6.04 Å². The first-order chi connectivity index (χ1) is 10.3. The summed E-state index contributed by atoms with van der Waals surface area (Å²) in [6.07, 6.45) is 2.37. The third-order valence-corrected chi connectivity index (χ3v) is 4.69. The molecule has 0 aromatic carbocycles. The molecule has 2 saturated heterocycles. The Morgan fingerprint density at radius 2 is 1.77 bits per heavy atom. The van der Waals surface area contributed by atoms with Crippen molar-refractivity contribution >= 4 is 6.09 Å². The molecule has 1 amide bonds. The zero-order valence-electron chi connectivity index (χ0n) is 14.9. The normalized spacial score (nSPS) is 28.7. The first-order valence-electron chi connectivity index (χ1n) is 8.70. The lowest BCUT2D eigenvalue weighted by molar-refractivity contribution is -0.0136. The summed E-state index contributed by atoms with van der Waals surface area (Å²) < 4.78 is 5.54. The van der Waals surface area contributed by atoms with Gasteiger partial charge in [0.2, 0.25) is 0 Å². The van der Waals surface area contributed by atoms with E-state index in [2.05, 4.69) is 24.1 Å². The van der Waals surface area contributed by atoms with Crippen LogP contribution in [-0.4, -0.2) is 66.3 Å². The van der Waals surface area contributed by atoms with E-state index in [0.717, 1.165) is 38.6 Å². The second kappa shape index (κ2) is 7.18. The number of nitrogens with zero attached hydrogens (tertiary/aromatic N) is 2. The van der Waals surface area contributed by atoms with Gasteiger partial charge in [-0.05, 0) is 66.5 Å². The first-order valence-corrected chi connectivity index (χ1v) is 8.70. The largest absolute Gasteiger partial charge is 0.444 e. The van der Waals surface area contributed by atoms with Gasteiger partial charge in [-0.1, -0.05) is 0 Å². The van der Waals surface area contributed by atoms with Crippen LogP contribution in [0.3, 0.4) is 0 Å². The summed E-state index contributed by atoms with van der Waals surface area (Å²) in [5, 5.41) is 3.43. The first kappa shape index (κ1) is 17.5. The van der Waals surface area contributed by atoms with Gasteiger partial charge in [0.05, 0.1) is 0 Å². The number of piperazine rings is 1. The smallest absolute Gasteiger partial charge is 0.410 e. The summed E-state index contributed by atoms with van der Waals surface area (Å²) in [5.41, 5.74) is -0.424. The Hall–Kier alpha value is -0.810. The lowest BCUT2D eigenvalue weighted by Gasteiger charge is -2.45. The van der Waals surface area contributed by atoms with E-state index in [9.17, 15) is 4.79 Å². The number of carbonyl (C=O) groups excluding carboxylic acids is 1. The SMILES string of the molecule is CC1CN(C(=O)OC(C)(C)C)C(C)CN1CC1CCNCC1. The summed E-state index contributed by atoms with van der Waals surface area (Å²) in [7, 11) is 0. The van der Waals surface area contributed by atoms with Gasteiger partial charge in [-0.2, -0.15) is 0 Å². The Balaban J connectivity index is 1.89. The van der Waals surface area contributed by atoms with E-state index in [4.69, 9.17) is 4.74 Å². The highest BCUT2D eigenvalue weighted by atomic mass is 16.6. The molecule has 2 fully saturated rings. The molecule has 1 N–H and O–H groups in total. The van der Waals surface area contributed by atoms with Gasteiger partial charge in [-0.15, -0.1) is 0 Å². The van der Waals surface area contributed by atoms with Gasteiger partial charge in [0.25, 0.3) is 0 Å². The second-order valence-electron chi connectivity index (χ2n) is 7.98. The van der Waals surface area contributed by atoms with Crippen LogP contribution >= 0.6 is 0 Å². The average molecular weight is 311 g/mol. The summed E-state index contributed by atoms with van der Waals surface area (Å²) in [5.74, 6) is 0.795. The Bertz CT molecular complexity index is 375. The molecule has 2 unspecified atom stereocenters. The predicted octanol–water partition coefficient (Wildman–Crippen LogP) is 2.32. The summed E-state index contributed by atoms with van der Waals surface area (Å²) in [4.78, 5) is 16.8. The highest BCUT2D eigenvalue weighted by Crippen LogP contribution is 2.22. The Morgan fingerprint density at radius 1 is 1.14 bits per heavy atom. The third-order valence-electron chi connectivity index (χ3n) is 4.69. The molecule has 0 aromatic rings. The van der Waals surface area contributed by atoms with E-state index in [1.165, 1.54) is 12.8 Å². The Kier molecular flexibility index (Phi) is 5.72. The van der Waals surface area contributed by atoms with Crippen molar-refractivity contribution in [3.63, 3.8) is 0 Å². The van der Waals surface area contributed by atoms with Crippen LogP contribution in [0.5, 0.6) is 0 Å². The molecule has 0 radical (unpaired) electrons. The van der Waals surface area contributed by atoms with Gasteiger partial charge in [0.15, 0.2) is 0 Å².